The van der Waals surface area contributed by atoms with Crippen molar-refractivity contribution in [1.82, 2.24) is 9.80 Å². The standard InChI is InChI=1S/C30H37ClF2N2O2/c1-19-6-9-35(17-19)29(36)26-15-25(22-4-5-22)28(16-27(26)32)37-18-30(33)7-10-34(11-8-30)21(3)23-12-20(2)13-24(31)14-23/h12-16,19,21-22H,4-11,17-18H2,1-3H3. The molecule has 4 nitrogen and oxygen atoms in total. The van der Waals surface area contributed by atoms with E-state index in [0.29, 0.717) is 55.7 Å². The van der Waals surface area contributed by atoms with Gasteiger partial charge in [-0.05, 0) is 92.7 Å². The molecule has 5 rings (SSSR count). The number of carbonyl (C=O) groups is 1. The number of hydrogen-bond acceptors (Lipinski definition) is 3. The molecule has 2 unspecified atom stereocenters. The maximum absolute atomic E-state index is 15.8. The van der Waals surface area contributed by atoms with E-state index >= 15 is 8.78 Å². The predicted octanol–water partition coefficient (Wildman–Crippen LogP) is 7.09. The lowest BCUT2D eigenvalue weighted by molar-refractivity contribution is 0.00613. The molecule has 37 heavy (non-hydrogen) atoms. The highest BCUT2D eigenvalue weighted by Crippen LogP contribution is 2.46. The average Bonchev–Trinajstić information content (AvgIpc) is 3.61. The summed E-state index contributed by atoms with van der Waals surface area (Å²) in [7, 11) is 0. The molecule has 2 aromatic carbocycles. The molecule has 1 aliphatic carbocycles. The second-order valence-electron chi connectivity index (χ2n) is 11.5. The van der Waals surface area contributed by atoms with Gasteiger partial charge >= 0.3 is 0 Å². The van der Waals surface area contributed by atoms with Gasteiger partial charge in [0.2, 0.25) is 0 Å². The minimum Gasteiger partial charge on any atom is -0.490 e. The molecule has 2 saturated heterocycles. The van der Waals surface area contributed by atoms with Crippen LogP contribution in [0.2, 0.25) is 5.02 Å². The number of ether oxygens (including phenoxy) is 1. The van der Waals surface area contributed by atoms with Crippen LogP contribution in [0.5, 0.6) is 5.75 Å². The molecule has 1 saturated carbocycles. The van der Waals surface area contributed by atoms with E-state index in [-0.39, 0.29) is 30.0 Å². The van der Waals surface area contributed by atoms with E-state index in [1.54, 1.807) is 11.0 Å². The van der Waals surface area contributed by atoms with Gasteiger partial charge in [-0.1, -0.05) is 24.6 Å². The first kappa shape index (κ1) is 26.4. The van der Waals surface area contributed by atoms with Crippen LogP contribution in [0.15, 0.2) is 30.3 Å². The Morgan fingerprint density at radius 2 is 1.86 bits per heavy atom. The second kappa shape index (κ2) is 10.5. The molecular formula is C30H37ClF2N2O2. The van der Waals surface area contributed by atoms with Crippen molar-refractivity contribution in [3.8, 4) is 5.75 Å². The van der Waals surface area contributed by atoms with Gasteiger partial charge in [0.05, 0.1) is 5.56 Å². The number of likely N-dealkylation sites (tertiary alicyclic amines) is 2. The first-order valence-corrected chi connectivity index (χ1v) is 14.0. The maximum atomic E-state index is 15.8. The zero-order chi connectivity index (χ0) is 26.3. The molecule has 0 aromatic heterocycles. The number of halogens is 3. The molecule has 3 aliphatic rings. The molecular weight excluding hydrogens is 494 g/mol. The Hall–Kier alpha value is -2.18. The van der Waals surface area contributed by atoms with Crippen LogP contribution in [0.4, 0.5) is 8.78 Å². The summed E-state index contributed by atoms with van der Waals surface area (Å²) in [5.74, 6) is 0.223. The summed E-state index contributed by atoms with van der Waals surface area (Å²) in [6.07, 6.45) is 3.60. The third-order valence-corrected chi connectivity index (χ3v) is 8.55. The summed E-state index contributed by atoms with van der Waals surface area (Å²) in [4.78, 5) is 17.0. The van der Waals surface area contributed by atoms with E-state index < -0.39 is 11.5 Å². The summed E-state index contributed by atoms with van der Waals surface area (Å²) in [6.45, 7) is 8.68. The molecule has 2 atom stereocenters. The first-order chi connectivity index (χ1) is 17.6. The van der Waals surface area contributed by atoms with Gasteiger partial charge in [0.1, 0.15) is 23.8 Å². The highest BCUT2D eigenvalue weighted by Gasteiger charge is 2.38. The van der Waals surface area contributed by atoms with Crippen LogP contribution < -0.4 is 4.74 Å². The number of aryl methyl sites for hydroxylation is 1. The Bertz CT molecular complexity index is 1140. The predicted molar refractivity (Wildman–Crippen MR) is 143 cm³/mol. The molecule has 1 amide bonds. The van der Waals surface area contributed by atoms with Gasteiger partial charge in [-0.3, -0.25) is 9.69 Å². The summed E-state index contributed by atoms with van der Waals surface area (Å²) < 4.78 is 36.9. The number of amides is 1. The fourth-order valence-electron chi connectivity index (χ4n) is 5.74. The Kier molecular flexibility index (Phi) is 7.52. The molecule has 2 aromatic rings. The highest BCUT2D eigenvalue weighted by molar-refractivity contribution is 6.30. The van der Waals surface area contributed by atoms with Crippen LogP contribution in [-0.2, 0) is 0 Å². The van der Waals surface area contributed by atoms with Crippen LogP contribution in [0, 0.1) is 18.7 Å². The number of nitrogens with zero attached hydrogens (tertiary/aromatic N) is 2. The number of alkyl halides is 1. The number of piperidine rings is 1. The van der Waals surface area contributed by atoms with Gasteiger partial charge in [0.25, 0.3) is 5.91 Å². The van der Waals surface area contributed by atoms with Crippen molar-refractivity contribution in [3.05, 3.63) is 63.4 Å². The normalized spacial score (nSPS) is 22.8. The van der Waals surface area contributed by atoms with Crippen LogP contribution in [0.25, 0.3) is 0 Å². The van der Waals surface area contributed by atoms with E-state index in [1.165, 1.54) is 6.07 Å². The third kappa shape index (κ3) is 5.96. The molecule has 0 N–H and O–H groups in total. The molecule has 0 spiro atoms. The monoisotopic (exact) mass is 530 g/mol. The molecule has 200 valence electrons. The van der Waals surface area contributed by atoms with Crippen LogP contribution in [-0.4, -0.2) is 54.2 Å². The quantitative estimate of drug-likeness (QED) is 0.383. The van der Waals surface area contributed by atoms with Gasteiger partial charge in [-0.15, -0.1) is 0 Å². The van der Waals surface area contributed by atoms with Crippen molar-refractivity contribution >= 4 is 17.5 Å². The minimum absolute atomic E-state index is 0.108. The minimum atomic E-state index is -1.47. The van der Waals surface area contributed by atoms with Gasteiger partial charge < -0.3 is 9.64 Å². The third-order valence-electron chi connectivity index (χ3n) is 8.33. The summed E-state index contributed by atoms with van der Waals surface area (Å²) >= 11 is 6.25. The summed E-state index contributed by atoms with van der Waals surface area (Å²) in [6, 6.07) is 9.15. The summed E-state index contributed by atoms with van der Waals surface area (Å²) in [5, 5.41) is 0.716. The zero-order valence-corrected chi connectivity index (χ0v) is 22.8. The Morgan fingerprint density at radius 1 is 1.14 bits per heavy atom. The molecule has 0 radical (unpaired) electrons. The Morgan fingerprint density at radius 3 is 2.49 bits per heavy atom. The lowest BCUT2D eigenvalue weighted by Crippen LogP contribution is -2.45. The highest BCUT2D eigenvalue weighted by atomic mass is 35.5. The van der Waals surface area contributed by atoms with Crippen molar-refractivity contribution in [2.75, 3.05) is 32.8 Å². The maximum Gasteiger partial charge on any atom is 0.256 e. The zero-order valence-electron chi connectivity index (χ0n) is 22.0. The van der Waals surface area contributed by atoms with E-state index in [0.717, 1.165) is 36.0 Å². The smallest absolute Gasteiger partial charge is 0.256 e. The largest absolute Gasteiger partial charge is 0.490 e. The topological polar surface area (TPSA) is 32.8 Å². The lowest BCUT2D eigenvalue weighted by atomic mass is 9.92. The van der Waals surface area contributed by atoms with Crippen LogP contribution >= 0.6 is 11.6 Å². The second-order valence-corrected chi connectivity index (χ2v) is 11.9. The van der Waals surface area contributed by atoms with Gasteiger partial charge in [0.15, 0.2) is 0 Å². The lowest BCUT2D eigenvalue weighted by Gasteiger charge is -2.39. The van der Waals surface area contributed by atoms with Crippen molar-refractivity contribution in [3.63, 3.8) is 0 Å². The number of benzene rings is 2. The fourth-order valence-corrected chi connectivity index (χ4v) is 6.04. The van der Waals surface area contributed by atoms with Crippen molar-refractivity contribution in [1.29, 1.82) is 0 Å². The van der Waals surface area contributed by atoms with Crippen molar-refractivity contribution in [2.24, 2.45) is 5.92 Å². The Labute approximate surface area is 223 Å². The molecule has 3 fully saturated rings. The van der Waals surface area contributed by atoms with E-state index in [1.807, 2.05) is 19.1 Å². The van der Waals surface area contributed by atoms with Crippen LogP contribution in [0.1, 0.15) is 85.0 Å². The summed E-state index contributed by atoms with van der Waals surface area (Å²) in [5.41, 5.74) is 1.72. The number of carbonyl (C=O) groups excluding carboxylic acids is 1. The average molecular weight is 531 g/mol. The van der Waals surface area contributed by atoms with E-state index in [9.17, 15) is 4.79 Å². The van der Waals surface area contributed by atoms with Gasteiger partial charge in [-0.25, -0.2) is 8.78 Å². The molecule has 2 aliphatic heterocycles. The molecule has 7 heteroatoms. The van der Waals surface area contributed by atoms with E-state index in [4.69, 9.17) is 16.3 Å². The number of hydrogen-bond donors (Lipinski definition) is 0. The van der Waals surface area contributed by atoms with Gasteiger partial charge in [-0.2, -0.15) is 0 Å². The molecule has 0 bridgehead atoms. The Balaban J connectivity index is 1.24. The first-order valence-electron chi connectivity index (χ1n) is 13.6. The van der Waals surface area contributed by atoms with E-state index in [2.05, 4.69) is 24.8 Å². The van der Waals surface area contributed by atoms with Crippen LogP contribution in [0.3, 0.4) is 0 Å². The van der Waals surface area contributed by atoms with Gasteiger partial charge in [0, 0.05) is 43.3 Å². The fraction of sp³-hybridized carbons (Fsp3) is 0.567. The van der Waals surface area contributed by atoms with Crippen molar-refractivity contribution in [2.45, 2.75) is 70.5 Å². The number of rotatable bonds is 7. The molecule has 2 heterocycles. The SMILES string of the molecule is Cc1cc(Cl)cc(C(C)N2CCC(F)(COc3cc(F)c(C(=O)N4CCC(C)C4)cc3C3CC3)CC2)c1. The van der Waals surface area contributed by atoms with Crippen molar-refractivity contribution < 1.29 is 18.3 Å².